The van der Waals surface area contributed by atoms with Crippen LogP contribution in [-0.4, -0.2) is 44.5 Å². The van der Waals surface area contributed by atoms with Crippen LogP contribution in [0.2, 0.25) is 0 Å². The molecule has 164 valence electrons. The minimum atomic E-state index is -3.41. The van der Waals surface area contributed by atoms with E-state index >= 15 is 0 Å². The van der Waals surface area contributed by atoms with E-state index in [1.807, 2.05) is 6.92 Å². The van der Waals surface area contributed by atoms with Crippen LogP contribution in [0.25, 0.3) is 0 Å². The average molecular weight is 462 g/mol. The van der Waals surface area contributed by atoms with E-state index in [2.05, 4.69) is 15.5 Å². The van der Waals surface area contributed by atoms with Gasteiger partial charge in [-0.1, -0.05) is 35.1 Å². The molecular formula is C21H23N3O5S2. The molecule has 10 heteroatoms. The highest BCUT2D eigenvalue weighted by Crippen LogP contribution is 2.28. The highest BCUT2D eigenvalue weighted by atomic mass is 32.2. The molecule has 0 saturated heterocycles. The first kappa shape index (κ1) is 22.7. The molecule has 0 aliphatic rings. The largest absolute Gasteiger partial charge is 0.493 e. The number of hydrogen-bond donors (Lipinski definition) is 1. The maximum absolute atomic E-state index is 12.5. The fourth-order valence-electron chi connectivity index (χ4n) is 2.83. The topological polar surface area (TPSA) is 107 Å². The smallest absolute Gasteiger partial charge is 0.230 e. The van der Waals surface area contributed by atoms with Crippen molar-refractivity contribution in [3.8, 4) is 11.5 Å². The van der Waals surface area contributed by atoms with Crippen LogP contribution < -0.4 is 14.8 Å². The normalized spacial score (nSPS) is 11.2. The van der Waals surface area contributed by atoms with Crippen LogP contribution in [-0.2, 0) is 27.5 Å². The van der Waals surface area contributed by atoms with Crippen molar-refractivity contribution in [1.29, 1.82) is 0 Å². The first-order valence-electron chi connectivity index (χ1n) is 9.43. The van der Waals surface area contributed by atoms with Gasteiger partial charge < -0.3 is 14.8 Å². The van der Waals surface area contributed by atoms with Gasteiger partial charge in [0.05, 0.1) is 31.3 Å². The Morgan fingerprint density at radius 1 is 1.03 bits per heavy atom. The van der Waals surface area contributed by atoms with Crippen LogP contribution in [0.4, 0.5) is 5.13 Å². The van der Waals surface area contributed by atoms with E-state index in [0.29, 0.717) is 21.6 Å². The average Bonchev–Trinajstić information content (AvgIpc) is 3.19. The van der Waals surface area contributed by atoms with Crippen molar-refractivity contribution < 1.29 is 22.7 Å². The maximum Gasteiger partial charge on any atom is 0.230 e. The van der Waals surface area contributed by atoms with E-state index in [4.69, 9.17) is 9.47 Å². The summed E-state index contributed by atoms with van der Waals surface area (Å²) in [5.74, 6) is 0.786. The van der Waals surface area contributed by atoms with E-state index in [1.54, 1.807) is 49.6 Å². The van der Waals surface area contributed by atoms with Gasteiger partial charge in [-0.25, -0.2) is 8.42 Å². The first-order chi connectivity index (χ1) is 14.8. The second-order valence-corrected chi connectivity index (χ2v) is 9.97. The molecule has 1 amide bonds. The number of ether oxygens (including phenoxy) is 2. The Kier molecular flexibility index (Phi) is 7.24. The van der Waals surface area contributed by atoms with E-state index < -0.39 is 9.84 Å². The number of hydrogen-bond acceptors (Lipinski definition) is 8. The lowest BCUT2D eigenvalue weighted by Gasteiger charge is -2.09. The predicted octanol–water partition coefficient (Wildman–Crippen LogP) is 3.06. The van der Waals surface area contributed by atoms with Crippen molar-refractivity contribution in [3.63, 3.8) is 0 Å². The molecule has 2 aromatic carbocycles. The lowest BCUT2D eigenvalue weighted by Crippen LogP contribution is -2.14. The lowest BCUT2D eigenvalue weighted by molar-refractivity contribution is -0.115. The number of carbonyl (C=O) groups is 1. The summed E-state index contributed by atoms with van der Waals surface area (Å²) >= 11 is 1.16. The van der Waals surface area contributed by atoms with Crippen molar-refractivity contribution in [3.05, 3.63) is 58.6 Å². The highest BCUT2D eigenvalue weighted by molar-refractivity contribution is 7.91. The minimum Gasteiger partial charge on any atom is -0.493 e. The number of methoxy groups -OCH3 is 2. The molecule has 0 fully saturated rings. The molecule has 0 spiro atoms. The molecule has 0 bridgehead atoms. The van der Waals surface area contributed by atoms with Crippen molar-refractivity contribution in [2.45, 2.75) is 24.7 Å². The molecule has 8 nitrogen and oxygen atoms in total. The Morgan fingerprint density at radius 3 is 2.42 bits per heavy atom. The molecule has 1 heterocycles. The molecule has 0 aliphatic heterocycles. The Hall–Kier alpha value is -2.98. The molecule has 0 aliphatic carbocycles. The van der Waals surface area contributed by atoms with Gasteiger partial charge in [-0.2, -0.15) is 0 Å². The van der Waals surface area contributed by atoms with Crippen LogP contribution >= 0.6 is 11.3 Å². The van der Waals surface area contributed by atoms with Crippen LogP contribution in [0.5, 0.6) is 11.5 Å². The molecule has 1 N–H and O–H groups in total. The Labute approximate surface area is 185 Å². The standard InChI is InChI=1S/C21H23N3O5S2/c1-14-4-7-16(8-5-14)31(26,27)11-10-20-23-24-21(30-20)22-19(25)13-15-6-9-17(28-2)18(12-15)29-3/h4-9,12H,10-11,13H2,1-3H3,(H,22,24,25). The summed E-state index contributed by atoms with van der Waals surface area (Å²) in [5.41, 5.74) is 1.75. The summed E-state index contributed by atoms with van der Waals surface area (Å²) in [6.07, 6.45) is 0.344. The van der Waals surface area contributed by atoms with Crippen LogP contribution in [0.15, 0.2) is 47.4 Å². The van der Waals surface area contributed by atoms with Crippen molar-refractivity contribution in [2.75, 3.05) is 25.3 Å². The Morgan fingerprint density at radius 2 is 1.74 bits per heavy atom. The molecule has 31 heavy (non-hydrogen) atoms. The third-order valence-electron chi connectivity index (χ3n) is 4.49. The van der Waals surface area contributed by atoms with Crippen LogP contribution in [0.3, 0.4) is 0 Å². The number of nitrogens with zero attached hydrogens (tertiary/aromatic N) is 2. The number of anilines is 1. The minimum absolute atomic E-state index is 0.0791. The SMILES string of the molecule is COc1ccc(CC(=O)Nc2nnc(CCS(=O)(=O)c3ccc(C)cc3)s2)cc1OC. The van der Waals surface area contributed by atoms with E-state index in [0.717, 1.165) is 22.5 Å². The Bertz CT molecular complexity index is 1160. The van der Waals surface area contributed by atoms with Crippen molar-refractivity contribution >= 4 is 32.2 Å². The molecule has 0 atom stereocenters. The van der Waals surface area contributed by atoms with Gasteiger partial charge in [-0.3, -0.25) is 4.79 Å². The molecule has 1 aromatic heterocycles. The zero-order chi connectivity index (χ0) is 22.4. The predicted molar refractivity (Wildman–Crippen MR) is 119 cm³/mol. The highest BCUT2D eigenvalue weighted by Gasteiger charge is 2.17. The van der Waals surface area contributed by atoms with Gasteiger partial charge in [0.2, 0.25) is 11.0 Å². The molecule has 0 unspecified atom stereocenters. The van der Waals surface area contributed by atoms with Gasteiger partial charge in [-0.15, -0.1) is 10.2 Å². The quantitative estimate of drug-likeness (QED) is 0.522. The van der Waals surface area contributed by atoms with Gasteiger partial charge in [0.25, 0.3) is 0 Å². The summed E-state index contributed by atoms with van der Waals surface area (Å²) in [6, 6.07) is 12.0. The number of rotatable bonds is 9. The lowest BCUT2D eigenvalue weighted by atomic mass is 10.1. The number of aryl methyl sites for hydroxylation is 2. The number of nitrogens with one attached hydrogen (secondary N) is 1. The van der Waals surface area contributed by atoms with Gasteiger partial charge in [0, 0.05) is 6.42 Å². The fourth-order valence-corrected chi connectivity index (χ4v) is 4.96. The molecule has 0 saturated carbocycles. The van der Waals surface area contributed by atoms with Gasteiger partial charge in [-0.05, 0) is 36.8 Å². The molecular weight excluding hydrogens is 438 g/mol. The second-order valence-electron chi connectivity index (χ2n) is 6.80. The third kappa shape index (κ3) is 6.02. The molecule has 3 rings (SSSR count). The first-order valence-corrected chi connectivity index (χ1v) is 11.9. The number of aromatic nitrogens is 2. The Balaban J connectivity index is 1.57. The van der Waals surface area contributed by atoms with Crippen LogP contribution in [0.1, 0.15) is 16.1 Å². The summed E-state index contributed by atoms with van der Waals surface area (Å²) in [6.45, 7) is 1.90. The molecule has 3 aromatic rings. The number of carbonyl (C=O) groups excluding carboxylic acids is 1. The summed E-state index contributed by atoms with van der Waals surface area (Å²) in [7, 11) is -0.336. The van der Waals surface area contributed by atoms with E-state index in [9.17, 15) is 13.2 Å². The second kappa shape index (κ2) is 9.88. The van der Waals surface area contributed by atoms with Crippen molar-refractivity contribution in [2.24, 2.45) is 0 Å². The zero-order valence-electron chi connectivity index (χ0n) is 17.4. The monoisotopic (exact) mass is 461 g/mol. The van der Waals surface area contributed by atoms with Gasteiger partial charge in [0.1, 0.15) is 5.01 Å². The van der Waals surface area contributed by atoms with Gasteiger partial charge in [0.15, 0.2) is 21.3 Å². The van der Waals surface area contributed by atoms with Crippen molar-refractivity contribution in [1.82, 2.24) is 10.2 Å². The number of sulfone groups is 1. The fraction of sp³-hybridized carbons (Fsp3) is 0.286. The van der Waals surface area contributed by atoms with E-state index in [-0.39, 0.29) is 29.4 Å². The maximum atomic E-state index is 12.5. The number of amides is 1. The molecule has 0 radical (unpaired) electrons. The summed E-state index contributed by atoms with van der Waals surface area (Å²) in [5, 5.41) is 11.5. The van der Waals surface area contributed by atoms with Crippen LogP contribution in [0, 0.1) is 6.92 Å². The number of benzene rings is 2. The van der Waals surface area contributed by atoms with E-state index in [1.165, 1.54) is 7.11 Å². The zero-order valence-corrected chi connectivity index (χ0v) is 19.0. The third-order valence-corrected chi connectivity index (χ3v) is 7.12. The van der Waals surface area contributed by atoms with Gasteiger partial charge >= 0.3 is 0 Å². The summed E-state index contributed by atoms with van der Waals surface area (Å²) in [4.78, 5) is 12.6. The summed E-state index contributed by atoms with van der Waals surface area (Å²) < 4.78 is 35.4.